The predicted octanol–water partition coefficient (Wildman–Crippen LogP) is 2.88. The first-order valence-electron chi connectivity index (χ1n) is 8.92. The van der Waals surface area contributed by atoms with Crippen LogP contribution >= 0.6 is 0 Å². The number of likely N-dealkylation sites (tertiary alicyclic amines) is 1. The van der Waals surface area contributed by atoms with Crippen molar-refractivity contribution in [3.63, 3.8) is 0 Å². The molecule has 0 aliphatic carbocycles. The largest absolute Gasteiger partial charge is 0.337 e. The van der Waals surface area contributed by atoms with Crippen LogP contribution in [0.3, 0.4) is 0 Å². The number of aromatic nitrogens is 4. The summed E-state index contributed by atoms with van der Waals surface area (Å²) in [6, 6.07) is 3.98. The van der Waals surface area contributed by atoms with E-state index in [9.17, 15) is 4.79 Å². The number of carbonyl (C=O) groups is 1. The number of rotatable bonds is 3. The molecular weight excluding hydrogens is 314 g/mol. The molecule has 6 heteroatoms. The van der Waals surface area contributed by atoms with E-state index >= 15 is 0 Å². The Labute approximate surface area is 147 Å². The van der Waals surface area contributed by atoms with Gasteiger partial charge in [-0.3, -0.25) is 4.79 Å². The smallest absolute Gasteiger partial charge is 0.274 e. The monoisotopic (exact) mass is 337 g/mol. The molecular formula is C19H23N5O. The third-order valence-electron chi connectivity index (χ3n) is 5.06. The first-order chi connectivity index (χ1) is 12.2. The van der Waals surface area contributed by atoms with Crippen molar-refractivity contribution in [3.05, 3.63) is 54.0 Å². The second kappa shape index (κ2) is 6.35. The highest BCUT2D eigenvalue weighted by molar-refractivity contribution is 5.93. The quantitative estimate of drug-likeness (QED) is 0.738. The Morgan fingerprint density at radius 3 is 3.04 bits per heavy atom. The maximum absolute atomic E-state index is 13.0. The molecule has 0 spiro atoms. The summed E-state index contributed by atoms with van der Waals surface area (Å²) in [6.45, 7) is 6.54. The number of imidazole rings is 2. The molecule has 3 aromatic rings. The van der Waals surface area contributed by atoms with Gasteiger partial charge in [0.15, 0.2) is 0 Å². The maximum atomic E-state index is 13.0. The third-order valence-corrected chi connectivity index (χ3v) is 5.06. The molecule has 1 aliphatic rings. The highest BCUT2D eigenvalue weighted by Gasteiger charge is 2.29. The average Bonchev–Trinajstić information content (AvgIpc) is 3.28. The Morgan fingerprint density at radius 1 is 1.36 bits per heavy atom. The minimum atomic E-state index is 0.0161. The lowest BCUT2D eigenvalue weighted by Crippen LogP contribution is -2.40. The summed E-state index contributed by atoms with van der Waals surface area (Å²) >= 11 is 0. The van der Waals surface area contributed by atoms with E-state index < -0.39 is 0 Å². The molecule has 6 nitrogen and oxygen atoms in total. The molecule has 1 unspecified atom stereocenters. The average molecular weight is 337 g/mol. The van der Waals surface area contributed by atoms with Gasteiger partial charge in [0, 0.05) is 50.3 Å². The van der Waals surface area contributed by atoms with Gasteiger partial charge in [0.05, 0.1) is 0 Å². The number of hydrogen-bond donors (Lipinski definition) is 0. The zero-order chi connectivity index (χ0) is 17.4. The van der Waals surface area contributed by atoms with Crippen molar-refractivity contribution in [2.24, 2.45) is 0 Å². The third kappa shape index (κ3) is 2.81. The molecule has 25 heavy (non-hydrogen) atoms. The fourth-order valence-electron chi connectivity index (χ4n) is 3.74. The molecule has 0 aromatic carbocycles. The van der Waals surface area contributed by atoms with Gasteiger partial charge in [-0.15, -0.1) is 0 Å². The number of carbonyl (C=O) groups excluding carboxylic acids is 1. The molecule has 4 heterocycles. The van der Waals surface area contributed by atoms with Gasteiger partial charge >= 0.3 is 0 Å². The van der Waals surface area contributed by atoms with Crippen molar-refractivity contribution in [2.45, 2.75) is 39.2 Å². The van der Waals surface area contributed by atoms with Crippen LogP contribution < -0.4 is 0 Å². The van der Waals surface area contributed by atoms with Crippen LogP contribution in [-0.2, 0) is 6.54 Å². The number of pyridine rings is 1. The molecule has 0 N–H and O–H groups in total. The maximum Gasteiger partial charge on any atom is 0.274 e. The van der Waals surface area contributed by atoms with Crippen LogP contribution in [0.5, 0.6) is 0 Å². The topological polar surface area (TPSA) is 55.4 Å². The van der Waals surface area contributed by atoms with E-state index in [2.05, 4.69) is 21.5 Å². The Balaban J connectivity index is 1.58. The molecule has 0 saturated carbocycles. The van der Waals surface area contributed by atoms with E-state index in [0.717, 1.165) is 43.0 Å². The molecule has 130 valence electrons. The zero-order valence-electron chi connectivity index (χ0n) is 14.7. The van der Waals surface area contributed by atoms with Crippen molar-refractivity contribution in [1.29, 1.82) is 0 Å². The normalized spacial score (nSPS) is 18.0. The van der Waals surface area contributed by atoms with Crippen LogP contribution in [-0.4, -0.2) is 42.8 Å². The first kappa shape index (κ1) is 15.9. The van der Waals surface area contributed by atoms with E-state index in [0.29, 0.717) is 18.2 Å². The van der Waals surface area contributed by atoms with Gasteiger partial charge in [-0.25, -0.2) is 9.97 Å². The molecule has 4 rings (SSSR count). The van der Waals surface area contributed by atoms with Crippen LogP contribution in [0.2, 0.25) is 0 Å². The van der Waals surface area contributed by atoms with Gasteiger partial charge in [0.1, 0.15) is 17.2 Å². The molecule has 1 aliphatic heterocycles. The highest BCUT2D eigenvalue weighted by atomic mass is 16.2. The molecule has 1 saturated heterocycles. The van der Waals surface area contributed by atoms with E-state index in [-0.39, 0.29) is 5.91 Å². The van der Waals surface area contributed by atoms with Gasteiger partial charge in [-0.05, 0) is 38.3 Å². The van der Waals surface area contributed by atoms with Gasteiger partial charge in [0.2, 0.25) is 0 Å². The van der Waals surface area contributed by atoms with Crippen molar-refractivity contribution >= 4 is 11.6 Å². The van der Waals surface area contributed by atoms with Crippen LogP contribution in [0, 0.1) is 6.92 Å². The van der Waals surface area contributed by atoms with Gasteiger partial charge in [-0.2, -0.15) is 0 Å². The van der Waals surface area contributed by atoms with Crippen molar-refractivity contribution in [1.82, 2.24) is 23.8 Å². The second-order valence-electron chi connectivity index (χ2n) is 6.71. The molecule has 1 fully saturated rings. The highest BCUT2D eigenvalue weighted by Crippen LogP contribution is 2.27. The van der Waals surface area contributed by atoms with Crippen LogP contribution in [0.1, 0.15) is 47.6 Å². The van der Waals surface area contributed by atoms with Crippen molar-refractivity contribution < 1.29 is 4.79 Å². The standard InChI is InChI=1S/C19H23N5O/c1-3-22-11-8-20-18(22)15-7-5-10-24(12-15)19(25)16-13-23-9-4-6-14(2)17(23)21-16/h4,6,8-9,11,13,15H,3,5,7,10,12H2,1-2H3. The summed E-state index contributed by atoms with van der Waals surface area (Å²) in [5.74, 6) is 1.40. The lowest BCUT2D eigenvalue weighted by Gasteiger charge is -2.32. The van der Waals surface area contributed by atoms with Crippen molar-refractivity contribution in [2.75, 3.05) is 13.1 Å². The SMILES string of the molecule is CCn1ccnc1C1CCCN(C(=O)c2cn3cccc(C)c3n2)C1. The summed E-state index contributed by atoms with van der Waals surface area (Å²) in [5.41, 5.74) is 2.44. The number of amides is 1. The van der Waals surface area contributed by atoms with Gasteiger partial charge in [-0.1, -0.05) is 6.07 Å². The Morgan fingerprint density at radius 2 is 2.24 bits per heavy atom. The molecule has 1 atom stereocenters. The fourth-order valence-corrected chi connectivity index (χ4v) is 3.74. The minimum Gasteiger partial charge on any atom is -0.337 e. The summed E-state index contributed by atoms with van der Waals surface area (Å²) in [5, 5.41) is 0. The predicted molar refractivity (Wildman–Crippen MR) is 95.7 cm³/mol. The fraction of sp³-hybridized carbons (Fsp3) is 0.421. The Bertz CT molecular complexity index is 910. The first-order valence-corrected chi connectivity index (χ1v) is 8.92. The minimum absolute atomic E-state index is 0.0161. The zero-order valence-corrected chi connectivity index (χ0v) is 14.7. The van der Waals surface area contributed by atoms with E-state index in [4.69, 9.17) is 0 Å². The molecule has 0 radical (unpaired) electrons. The lowest BCUT2D eigenvalue weighted by atomic mass is 9.97. The number of hydrogen-bond acceptors (Lipinski definition) is 3. The number of fused-ring (bicyclic) bond motifs is 1. The van der Waals surface area contributed by atoms with Crippen LogP contribution in [0.15, 0.2) is 36.9 Å². The summed E-state index contributed by atoms with van der Waals surface area (Å²) < 4.78 is 4.10. The van der Waals surface area contributed by atoms with E-state index in [1.807, 2.05) is 53.1 Å². The van der Waals surface area contributed by atoms with Crippen LogP contribution in [0.4, 0.5) is 0 Å². The summed E-state index contributed by atoms with van der Waals surface area (Å²) in [7, 11) is 0. The molecule has 0 bridgehead atoms. The Hall–Kier alpha value is -2.63. The van der Waals surface area contributed by atoms with E-state index in [1.165, 1.54) is 0 Å². The van der Waals surface area contributed by atoms with E-state index in [1.54, 1.807) is 0 Å². The Kier molecular flexibility index (Phi) is 4.03. The number of piperidine rings is 1. The molecule has 1 amide bonds. The molecule has 3 aromatic heterocycles. The van der Waals surface area contributed by atoms with Crippen molar-refractivity contribution in [3.8, 4) is 0 Å². The van der Waals surface area contributed by atoms with Crippen LogP contribution in [0.25, 0.3) is 5.65 Å². The lowest BCUT2D eigenvalue weighted by molar-refractivity contribution is 0.0698. The number of aryl methyl sites for hydroxylation is 2. The summed E-state index contributed by atoms with van der Waals surface area (Å²) in [4.78, 5) is 24.0. The van der Waals surface area contributed by atoms with Gasteiger partial charge in [0.25, 0.3) is 5.91 Å². The number of nitrogens with zero attached hydrogens (tertiary/aromatic N) is 5. The van der Waals surface area contributed by atoms with Gasteiger partial charge < -0.3 is 13.9 Å². The second-order valence-corrected chi connectivity index (χ2v) is 6.71. The summed E-state index contributed by atoms with van der Waals surface area (Å²) in [6.07, 6.45) is 9.71.